The number of rotatable bonds is 5. The van der Waals surface area contributed by atoms with Crippen LogP contribution < -0.4 is 4.72 Å². The summed E-state index contributed by atoms with van der Waals surface area (Å²) in [5.41, 5.74) is 3.11. The van der Waals surface area contributed by atoms with Crippen molar-refractivity contribution >= 4 is 10.0 Å². The quantitative estimate of drug-likeness (QED) is 0.772. The predicted molar refractivity (Wildman–Crippen MR) is 91.3 cm³/mol. The van der Waals surface area contributed by atoms with Gasteiger partial charge in [0, 0.05) is 0 Å². The van der Waals surface area contributed by atoms with Gasteiger partial charge < -0.3 is 0 Å². The summed E-state index contributed by atoms with van der Waals surface area (Å²) >= 11 is 0. The minimum Gasteiger partial charge on any atom is -0.207 e. The van der Waals surface area contributed by atoms with Crippen molar-refractivity contribution in [2.45, 2.75) is 25.3 Å². The average molecular weight is 342 g/mol. The van der Waals surface area contributed by atoms with Crippen molar-refractivity contribution in [1.29, 1.82) is 0 Å². The van der Waals surface area contributed by atoms with Crippen LogP contribution in [-0.4, -0.2) is 23.4 Å². The topological polar surface area (TPSA) is 76.9 Å². The van der Waals surface area contributed by atoms with Gasteiger partial charge in [0.15, 0.2) is 0 Å². The lowest BCUT2D eigenvalue weighted by atomic mass is 10.2. The lowest BCUT2D eigenvalue weighted by Gasteiger charge is -2.05. The molecule has 0 aliphatic carbocycles. The molecule has 0 spiro atoms. The van der Waals surface area contributed by atoms with Gasteiger partial charge in [-0.2, -0.15) is 15.0 Å². The van der Waals surface area contributed by atoms with Crippen LogP contribution in [0.4, 0.5) is 0 Å². The number of nitrogens with zero attached hydrogens (tertiary/aromatic N) is 3. The lowest BCUT2D eigenvalue weighted by molar-refractivity contribution is 0.580. The molecule has 0 unspecified atom stereocenters. The zero-order valence-electron chi connectivity index (χ0n) is 13.5. The highest BCUT2D eigenvalue weighted by atomic mass is 32.2. The molecule has 0 bridgehead atoms. The highest BCUT2D eigenvalue weighted by Crippen LogP contribution is 2.12. The third-order valence-corrected chi connectivity index (χ3v) is 5.04. The summed E-state index contributed by atoms with van der Waals surface area (Å²) in [5.74, 6) is 0. The van der Waals surface area contributed by atoms with Gasteiger partial charge in [-0.05, 0) is 38.1 Å². The van der Waals surface area contributed by atoms with Crippen molar-refractivity contribution in [1.82, 2.24) is 19.7 Å². The van der Waals surface area contributed by atoms with E-state index in [1.54, 1.807) is 24.3 Å². The van der Waals surface area contributed by atoms with Crippen LogP contribution in [0.1, 0.15) is 17.0 Å². The molecule has 0 fully saturated rings. The Bertz CT molecular complexity index is 932. The summed E-state index contributed by atoms with van der Waals surface area (Å²) in [6.07, 6.45) is 0. The Labute approximate surface area is 141 Å². The van der Waals surface area contributed by atoms with Crippen molar-refractivity contribution in [2.75, 3.05) is 0 Å². The molecule has 1 N–H and O–H groups in total. The molecule has 24 heavy (non-hydrogen) atoms. The SMILES string of the molecule is Cc1ccc(S(=O)(=O)NCc2nn(-c3ccccc3)nc2C)cc1. The second-order valence-corrected chi connectivity index (χ2v) is 7.26. The Morgan fingerprint density at radius 2 is 1.62 bits per heavy atom. The maximum Gasteiger partial charge on any atom is 0.240 e. The molecule has 2 aromatic carbocycles. The number of hydrogen-bond donors (Lipinski definition) is 1. The van der Waals surface area contributed by atoms with Crippen LogP contribution in [0.25, 0.3) is 5.69 Å². The van der Waals surface area contributed by atoms with E-state index >= 15 is 0 Å². The Balaban J connectivity index is 1.77. The van der Waals surface area contributed by atoms with E-state index in [1.807, 2.05) is 44.2 Å². The molecule has 0 saturated heterocycles. The minimum atomic E-state index is -3.57. The maximum atomic E-state index is 12.3. The Morgan fingerprint density at radius 3 is 2.29 bits per heavy atom. The monoisotopic (exact) mass is 342 g/mol. The Hall–Kier alpha value is -2.51. The first-order valence-corrected chi connectivity index (χ1v) is 8.98. The molecule has 0 radical (unpaired) electrons. The fraction of sp³-hybridized carbons (Fsp3) is 0.176. The molecule has 0 amide bonds. The molecule has 1 heterocycles. The summed E-state index contributed by atoms with van der Waals surface area (Å²) in [5, 5.41) is 8.71. The van der Waals surface area contributed by atoms with Crippen LogP contribution in [0.3, 0.4) is 0 Å². The van der Waals surface area contributed by atoms with E-state index in [9.17, 15) is 8.42 Å². The average Bonchev–Trinajstić information content (AvgIpc) is 2.95. The van der Waals surface area contributed by atoms with Crippen LogP contribution in [0.15, 0.2) is 59.5 Å². The van der Waals surface area contributed by atoms with Crippen LogP contribution in [0, 0.1) is 13.8 Å². The zero-order valence-corrected chi connectivity index (χ0v) is 14.3. The lowest BCUT2D eigenvalue weighted by Crippen LogP contribution is -2.23. The minimum absolute atomic E-state index is 0.0921. The number of aromatic nitrogens is 3. The largest absolute Gasteiger partial charge is 0.240 e. The second-order valence-electron chi connectivity index (χ2n) is 5.49. The van der Waals surface area contributed by atoms with Crippen molar-refractivity contribution in [3.05, 3.63) is 71.5 Å². The predicted octanol–water partition coefficient (Wildman–Crippen LogP) is 2.36. The third kappa shape index (κ3) is 3.52. The first-order chi connectivity index (χ1) is 11.5. The molecule has 0 saturated carbocycles. The van der Waals surface area contributed by atoms with E-state index in [-0.39, 0.29) is 11.4 Å². The molecule has 3 aromatic rings. The van der Waals surface area contributed by atoms with Gasteiger partial charge in [0.05, 0.1) is 22.8 Å². The molecule has 0 aliphatic rings. The summed E-state index contributed by atoms with van der Waals surface area (Å²) in [6.45, 7) is 3.81. The standard InChI is InChI=1S/C17H18N4O2S/c1-13-8-10-16(11-9-13)24(22,23)18-12-17-14(2)19-21(20-17)15-6-4-3-5-7-15/h3-11,18H,12H2,1-2H3. The second kappa shape index (κ2) is 6.54. The van der Waals surface area contributed by atoms with Crippen molar-refractivity contribution in [2.24, 2.45) is 0 Å². The molecule has 0 aliphatic heterocycles. The van der Waals surface area contributed by atoms with Gasteiger partial charge >= 0.3 is 0 Å². The Morgan fingerprint density at radius 1 is 0.958 bits per heavy atom. The van der Waals surface area contributed by atoms with E-state index in [4.69, 9.17) is 0 Å². The summed E-state index contributed by atoms with van der Waals surface area (Å²) < 4.78 is 27.3. The molecule has 7 heteroatoms. The van der Waals surface area contributed by atoms with Gasteiger partial charge in [-0.1, -0.05) is 35.9 Å². The van der Waals surface area contributed by atoms with E-state index in [0.717, 1.165) is 11.3 Å². The van der Waals surface area contributed by atoms with E-state index in [2.05, 4.69) is 14.9 Å². The van der Waals surface area contributed by atoms with Crippen molar-refractivity contribution in [3.63, 3.8) is 0 Å². The van der Waals surface area contributed by atoms with Gasteiger partial charge in [-0.25, -0.2) is 13.1 Å². The number of nitrogens with one attached hydrogen (secondary N) is 1. The normalized spacial score (nSPS) is 11.6. The smallest absolute Gasteiger partial charge is 0.207 e. The van der Waals surface area contributed by atoms with Gasteiger partial charge in [-0.15, -0.1) is 0 Å². The number of benzene rings is 2. The molecule has 3 rings (SSSR count). The van der Waals surface area contributed by atoms with E-state index in [0.29, 0.717) is 11.4 Å². The van der Waals surface area contributed by atoms with Gasteiger partial charge in [0.1, 0.15) is 5.69 Å². The van der Waals surface area contributed by atoms with Gasteiger partial charge in [0.25, 0.3) is 0 Å². The number of hydrogen-bond acceptors (Lipinski definition) is 4. The highest BCUT2D eigenvalue weighted by Gasteiger charge is 2.16. The molecule has 0 atom stereocenters. The van der Waals surface area contributed by atoms with Crippen LogP contribution in [-0.2, 0) is 16.6 Å². The fourth-order valence-corrected chi connectivity index (χ4v) is 3.20. The van der Waals surface area contributed by atoms with E-state index in [1.165, 1.54) is 4.80 Å². The van der Waals surface area contributed by atoms with Crippen LogP contribution in [0.2, 0.25) is 0 Å². The molecule has 6 nitrogen and oxygen atoms in total. The van der Waals surface area contributed by atoms with Gasteiger partial charge in [-0.3, -0.25) is 0 Å². The third-order valence-electron chi connectivity index (χ3n) is 3.63. The molecular weight excluding hydrogens is 324 g/mol. The number of sulfonamides is 1. The number of para-hydroxylation sites is 1. The number of aryl methyl sites for hydroxylation is 2. The summed E-state index contributed by atoms with van der Waals surface area (Å²) in [6, 6.07) is 16.2. The first-order valence-electron chi connectivity index (χ1n) is 7.50. The molecule has 1 aromatic heterocycles. The molecular formula is C17H18N4O2S. The maximum absolute atomic E-state index is 12.3. The summed E-state index contributed by atoms with van der Waals surface area (Å²) in [4.78, 5) is 1.74. The highest BCUT2D eigenvalue weighted by molar-refractivity contribution is 7.89. The van der Waals surface area contributed by atoms with Crippen molar-refractivity contribution in [3.8, 4) is 5.69 Å². The summed E-state index contributed by atoms with van der Waals surface area (Å²) in [7, 11) is -3.57. The van der Waals surface area contributed by atoms with Crippen LogP contribution >= 0.6 is 0 Å². The van der Waals surface area contributed by atoms with Gasteiger partial charge in [0.2, 0.25) is 10.0 Å². The first kappa shape index (κ1) is 16.4. The fourth-order valence-electron chi connectivity index (χ4n) is 2.21. The van der Waals surface area contributed by atoms with Crippen molar-refractivity contribution < 1.29 is 8.42 Å². The molecule has 124 valence electrons. The Kier molecular flexibility index (Phi) is 4.46. The zero-order chi connectivity index (χ0) is 17.2. The van der Waals surface area contributed by atoms with E-state index < -0.39 is 10.0 Å². The van der Waals surface area contributed by atoms with Crippen LogP contribution in [0.5, 0.6) is 0 Å².